The van der Waals surface area contributed by atoms with E-state index in [-0.39, 0.29) is 11.6 Å². The molecule has 0 amide bonds. The van der Waals surface area contributed by atoms with Crippen LogP contribution in [0.3, 0.4) is 0 Å². The van der Waals surface area contributed by atoms with E-state index in [9.17, 15) is 8.78 Å². The van der Waals surface area contributed by atoms with Crippen molar-refractivity contribution >= 4 is 16.7 Å². The number of fused-ring (bicyclic) bond motifs is 1. The van der Waals surface area contributed by atoms with Crippen molar-refractivity contribution in [2.45, 2.75) is 0 Å². The molecule has 0 saturated carbocycles. The van der Waals surface area contributed by atoms with Gasteiger partial charge >= 0.3 is 0 Å². The van der Waals surface area contributed by atoms with Crippen molar-refractivity contribution in [3.8, 4) is 11.4 Å². The largest absolute Gasteiger partial charge is 0.378 e. The number of rotatable bonds is 2. The number of ether oxygens (including phenoxy) is 1. The normalized spacial score (nSPS) is 15.0. The lowest BCUT2D eigenvalue weighted by Crippen LogP contribution is -2.37. The van der Waals surface area contributed by atoms with Crippen LogP contribution in [0.15, 0.2) is 42.5 Å². The van der Waals surface area contributed by atoms with Crippen LogP contribution in [-0.2, 0) is 4.74 Å². The van der Waals surface area contributed by atoms with Crippen LogP contribution in [0, 0.1) is 11.6 Å². The lowest BCUT2D eigenvalue weighted by molar-refractivity contribution is 0.122. The van der Waals surface area contributed by atoms with Gasteiger partial charge in [0.2, 0.25) is 0 Å². The van der Waals surface area contributed by atoms with Gasteiger partial charge in [-0.2, -0.15) is 0 Å². The fourth-order valence-electron chi connectivity index (χ4n) is 2.86. The molecule has 2 heterocycles. The van der Waals surface area contributed by atoms with E-state index in [0.29, 0.717) is 54.4 Å². The summed E-state index contributed by atoms with van der Waals surface area (Å²) in [5.74, 6) is 0.181. The topological polar surface area (TPSA) is 38.2 Å². The molecule has 0 N–H and O–H groups in total. The SMILES string of the molecule is Fc1ccc2nc(-c3ccccc3F)nc(N3CCOCC3)c2c1. The number of nitrogens with zero attached hydrogens (tertiary/aromatic N) is 3. The third-order valence-corrected chi connectivity index (χ3v) is 4.06. The summed E-state index contributed by atoms with van der Waals surface area (Å²) in [4.78, 5) is 11.0. The zero-order valence-electron chi connectivity index (χ0n) is 12.9. The van der Waals surface area contributed by atoms with E-state index >= 15 is 0 Å². The quantitative estimate of drug-likeness (QED) is 0.723. The maximum absolute atomic E-state index is 14.1. The number of hydrogen-bond acceptors (Lipinski definition) is 4. The van der Waals surface area contributed by atoms with Gasteiger partial charge in [-0.05, 0) is 30.3 Å². The molecule has 6 heteroatoms. The standard InChI is InChI=1S/C18H15F2N3O/c19-12-5-6-16-14(11-12)18(23-7-9-24-10-8-23)22-17(21-16)13-3-1-2-4-15(13)20/h1-6,11H,7-10H2. The Hall–Kier alpha value is -2.60. The van der Waals surface area contributed by atoms with Crippen molar-refractivity contribution in [3.63, 3.8) is 0 Å². The van der Waals surface area contributed by atoms with Gasteiger partial charge in [-0.1, -0.05) is 12.1 Å². The second-order valence-electron chi connectivity index (χ2n) is 5.61. The summed E-state index contributed by atoms with van der Waals surface area (Å²) in [7, 11) is 0. The molecular weight excluding hydrogens is 312 g/mol. The molecule has 0 radical (unpaired) electrons. The van der Waals surface area contributed by atoms with Crippen LogP contribution in [0.2, 0.25) is 0 Å². The summed E-state index contributed by atoms with van der Waals surface area (Å²) in [6, 6.07) is 10.8. The summed E-state index contributed by atoms with van der Waals surface area (Å²) >= 11 is 0. The Kier molecular flexibility index (Phi) is 3.82. The van der Waals surface area contributed by atoms with Crippen LogP contribution in [-0.4, -0.2) is 36.3 Å². The summed E-state index contributed by atoms with van der Waals surface area (Å²) in [5.41, 5.74) is 0.921. The Bertz CT molecular complexity index is 895. The Morgan fingerprint density at radius 3 is 2.54 bits per heavy atom. The molecule has 0 unspecified atom stereocenters. The Labute approximate surface area is 137 Å². The highest BCUT2D eigenvalue weighted by Gasteiger charge is 2.19. The van der Waals surface area contributed by atoms with Crippen molar-refractivity contribution in [1.82, 2.24) is 9.97 Å². The molecule has 4 nitrogen and oxygen atoms in total. The predicted molar refractivity (Wildman–Crippen MR) is 87.9 cm³/mol. The van der Waals surface area contributed by atoms with E-state index in [1.165, 1.54) is 18.2 Å². The van der Waals surface area contributed by atoms with Crippen molar-refractivity contribution in [2.24, 2.45) is 0 Å². The molecule has 0 bridgehead atoms. The third kappa shape index (κ3) is 2.69. The van der Waals surface area contributed by atoms with Gasteiger partial charge in [0.05, 0.1) is 24.3 Å². The molecule has 1 fully saturated rings. The fourth-order valence-corrected chi connectivity index (χ4v) is 2.86. The van der Waals surface area contributed by atoms with Gasteiger partial charge in [0.1, 0.15) is 17.5 Å². The highest BCUT2D eigenvalue weighted by molar-refractivity contribution is 5.91. The fraction of sp³-hybridized carbons (Fsp3) is 0.222. The molecule has 1 saturated heterocycles. The van der Waals surface area contributed by atoms with Crippen LogP contribution < -0.4 is 4.90 Å². The van der Waals surface area contributed by atoms with E-state index in [2.05, 4.69) is 9.97 Å². The summed E-state index contributed by atoms with van der Waals surface area (Å²) in [6.45, 7) is 2.46. The Morgan fingerprint density at radius 1 is 0.958 bits per heavy atom. The van der Waals surface area contributed by atoms with Gasteiger partial charge in [-0.15, -0.1) is 0 Å². The maximum Gasteiger partial charge on any atom is 0.165 e. The zero-order valence-corrected chi connectivity index (χ0v) is 12.9. The third-order valence-electron chi connectivity index (χ3n) is 4.06. The van der Waals surface area contributed by atoms with Gasteiger partial charge in [-0.3, -0.25) is 0 Å². The lowest BCUT2D eigenvalue weighted by atomic mass is 10.1. The van der Waals surface area contributed by atoms with E-state index in [0.717, 1.165) is 0 Å². The van der Waals surface area contributed by atoms with Gasteiger partial charge in [0, 0.05) is 18.5 Å². The number of benzene rings is 2. The number of morpholine rings is 1. The number of aromatic nitrogens is 2. The van der Waals surface area contributed by atoms with Gasteiger partial charge in [-0.25, -0.2) is 18.7 Å². The lowest BCUT2D eigenvalue weighted by Gasteiger charge is -2.29. The minimum absolute atomic E-state index is 0.300. The second-order valence-corrected chi connectivity index (χ2v) is 5.61. The Morgan fingerprint density at radius 2 is 1.75 bits per heavy atom. The first-order valence-corrected chi connectivity index (χ1v) is 7.77. The molecule has 122 valence electrons. The van der Waals surface area contributed by atoms with E-state index in [1.54, 1.807) is 24.3 Å². The molecular formula is C18H15F2N3O. The number of anilines is 1. The van der Waals surface area contributed by atoms with Crippen molar-refractivity contribution in [3.05, 3.63) is 54.1 Å². The molecule has 0 aliphatic carbocycles. The molecule has 2 aromatic carbocycles. The molecule has 4 rings (SSSR count). The van der Waals surface area contributed by atoms with Crippen LogP contribution in [0.25, 0.3) is 22.3 Å². The second kappa shape index (κ2) is 6.13. The maximum atomic E-state index is 14.1. The van der Waals surface area contributed by atoms with Crippen LogP contribution in [0.4, 0.5) is 14.6 Å². The highest BCUT2D eigenvalue weighted by atomic mass is 19.1. The van der Waals surface area contributed by atoms with Gasteiger partial charge in [0.25, 0.3) is 0 Å². The van der Waals surface area contributed by atoms with E-state index in [4.69, 9.17) is 4.74 Å². The number of halogens is 2. The monoisotopic (exact) mass is 327 g/mol. The smallest absolute Gasteiger partial charge is 0.165 e. The molecule has 1 aliphatic heterocycles. The molecule has 3 aromatic rings. The van der Waals surface area contributed by atoms with Crippen LogP contribution in [0.1, 0.15) is 0 Å². The minimum Gasteiger partial charge on any atom is -0.378 e. The minimum atomic E-state index is -0.383. The van der Waals surface area contributed by atoms with Crippen LogP contribution in [0.5, 0.6) is 0 Å². The summed E-state index contributed by atoms with van der Waals surface area (Å²) in [5, 5.41) is 0.622. The van der Waals surface area contributed by atoms with E-state index in [1.807, 2.05) is 4.90 Å². The number of hydrogen-bond donors (Lipinski definition) is 0. The van der Waals surface area contributed by atoms with Crippen molar-refractivity contribution < 1.29 is 13.5 Å². The average Bonchev–Trinajstić information content (AvgIpc) is 2.62. The zero-order chi connectivity index (χ0) is 16.5. The molecule has 1 aliphatic rings. The van der Waals surface area contributed by atoms with E-state index < -0.39 is 0 Å². The highest BCUT2D eigenvalue weighted by Crippen LogP contribution is 2.29. The first kappa shape index (κ1) is 15.0. The predicted octanol–water partition coefficient (Wildman–Crippen LogP) is 3.41. The molecule has 0 atom stereocenters. The first-order chi connectivity index (χ1) is 11.7. The van der Waals surface area contributed by atoms with Crippen LogP contribution >= 0.6 is 0 Å². The Balaban J connectivity index is 1.93. The van der Waals surface area contributed by atoms with Gasteiger partial charge < -0.3 is 9.64 Å². The van der Waals surface area contributed by atoms with Gasteiger partial charge in [0.15, 0.2) is 5.82 Å². The summed E-state index contributed by atoms with van der Waals surface area (Å²) in [6.07, 6.45) is 0. The summed E-state index contributed by atoms with van der Waals surface area (Å²) < 4.78 is 33.2. The van der Waals surface area contributed by atoms with Crippen molar-refractivity contribution in [2.75, 3.05) is 31.2 Å². The molecule has 24 heavy (non-hydrogen) atoms. The molecule has 0 spiro atoms. The first-order valence-electron chi connectivity index (χ1n) is 7.77. The van der Waals surface area contributed by atoms with Crippen molar-refractivity contribution in [1.29, 1.82) is 0 Å². The average molecular weight is 327 g/mol. The molecule has 1 aromatic heterocycles.